The summed E-state index contributed by atoms with van der Waals surface area (Å²) in [6.07, 6.45) is 1.75. The molecule has 0 aromatic heterocycles. The van der Waals surface area contributed by atoms with Gasteiger partial charge < -0.3 is 10.4 Å². The van der Waals surface area contributed by atoms with Crippen LogP contribution in [0.4, 0.5) is 0 Å². The van der Waals surface area contributed by atoms with E-state index in [2.05, 4.69) is 16.9 Å². The summed E-state index contributed by atoms with van der Waals surface area (Å²) >= 11 is 13.7. The second kappa shape index (κ2) is 7.22. The lowest BCUT2D eigenvalue weighted by Crippen LogP contribution is -2.30. The quantitative estimate of drug-likeness (QED) is 0.790. The van der Waals surface area contributed by atoms with E-state index < -0.39 is 12.0 Å². The number of nitrogens with zero attached hydrogens (tertiary/aromatic N) is 1. The fraction of sp³-hybridized carbons (Fsp3) is 0.200. The Balaban J connectivity index is 2.52. The third-order valence-electron chi connectivity index (χ3n) is 3.06. The lowest BCUT2D eigenvalue weighted by Gasteiger charge is -2.25. The van der Waals surface area contributed by atoms with Crippen LogP contribution in [0.5, 0.6) is 0 Å². The lowest BCUT2D eigenvalue weighted by atomic mass is 9.96. The van der Waals surface area contributed by atoms with Crippen LogP contribution in [0, 0.1) is 0 Å². The van der Waals surface area contributed by atoms with Crippen molar-refractivity contribution in [3.63, 3.8) is 0 Å². The number of benzene rings is 1. The van der Waals surface area contributed by atoms with E-state index in [4.69, 9.17) is 23.2 Å². The van der Waals surface area contributed by atoms with Crippen LogP contribution in [0.1, 0.15) is 18.5 Å². The molecule has 22 heavy (non-hydrogen) atoms. The van der Waals surface area contributed by atoms with Crippen molar-refractivity contribution in [1.82, 2.24) is 5.32 Å². The highest BCUT2D eigenvalue weighted by Crippen LogP contribution is 2.38. The first-order chi connectivity index (χ1) is 10.5. The summed E-state index contributed by atoms with van der Waals surface area (Å²) < 4.78 is 0. The summed E-state index contributed by atoms with van der Waals surface area (Å²) in [7, 11) is 0. The number of aliphatic imine (C=N–C) groups is 1. The smallest absolute Gasteiger partial charge is 0.335 e. The maximum atomic E-state index is 11.6. The van der Waals surface area contributed by atoms with Crippen molar-refractivity contribution in [3.8, 4) is 0 Å². The van der Waals surface area contributed by atoms with Crippen LogP contribution in [0.15, 0.2) is 47.1 Å². The number of hydrogen-bond donors (Lipinski definition) is 2. The van der Waals surface area contributed by atoms with Gasteiger partial charge in [-0.1, -0.05) is 53.2 Å². The number of nitrogens with one attached hydrogen (secondary N) is 1. The Bertz CT molecular complexity index is 686. The van der Waals surface area contributed by atoms with E-state index in [1.807, 2.05) is 0 Å². The molecule has 2 N–H and O–H groups in total. The minimum Gasteiger partial charge on any atom is -0.478 e. The van der Waals surface area contributed by atoms with Crippen LogP contribution in [0.3, 0.4) is 0 Å². The number of rotatable bonds is 4. The highest BCUT2D eigenvalue weighted by Gasteiger charge is 2.30. The number of carbonyl (C=O) groups is 1. The molecular weight excluding hydrogens is 343 g/mol. The second-order valence-corrected chi connectivity index (χ2v) is 6.34. The van der Waals surface area contributed by atoms with E-state index in [9.17, 15) is 9.90 Å². The first kappa shape index (κ1) is 16.9. The summed E-state index contributed by atoms with van der Waals surface area (Å²) in [6.45, 7) is 5.37. The minimum absolute atomic E-state index is 0.159. The molecule has 1 aliphatic heterocycles. The minimum atomic E-state index is -1.04. The Kier molecular flexibility index (Phi) is 5.56. The number of halogens is 2. The Labute approximate surface area is 142 Å². The molecule has 0 fully saturated rings. The number of carboxylic acid groups (broad SMARTS) is 1. The van der Waals surface area contributed by atoms with Crippen LogP contribution < -0.4 is 5.32 Å². The standard InChI is InChI=1S/C15H14Cl2N2O2S/c1-3-7-22-15-18-8(2)11(14(20)21)13(19-15)9-5-4-6-10(16)12(9)17/h3-6,13H,1,7H2,2H3,(H,18,19)(H,20,21). The first-order valence-corrected chi connectivity index (χ1v) is 8.16. The zero-order valence-electron chi connectivity index (χ0n) is 11.8. The van der Waals surface area contributed by atoms with E-state index in [1.54, 1.807) is 31.2 Å². The molecule has 1 heterocycles. The Morgan fingerprint density at radius 3 is 2.91 bits per heavy atom. The Morgan fingerprint density at radius 2 is 2.27 bits per heavy atom. The SMILES string of the molecule is C=CCSC1=NC(c2cccc(Cl)c2Cl)C(C(=O)O)=C(C)N1. The molecular formula is C15H14Cl2N2O2S. The van der Waals surface area contributed by atoms with Gasteiger partial charge >= 0.3 is 5.97 Å². The van der Waals surface area contributed by atoms with Gasteiger partial charge in [0.1, 0.15) is 6.04 Å². The van der Waals surface area contributed by atoms with Gasteiger partial charge in [0.2, 0.25) is 0 Å². The highest BCUT2D eigenvalue weighted by atomic mass is 35.5. The third-order valence-corrected chi connectivity index (χ3v) is 4.78. The summed E-state index contributed by atoms with van der Waals surface area (Å²) in [5.74, 6) is -0.375. The molecule has 0 amide bonds. The molecule has 0 saturated carbocycles. The van der Waals surface area contributed by atoms with Crippen molar-refractivity contribution in [3.05, 3.63) is 57.7 Å². The van der Waals surface area contributed by atoms with Crippen LogP contribution >= 0.6 is 35.0 Å². The molecule has 0 radical (unpaired) electrons. The van der Waals surface area contributed by atoms with Gasteiger partial charge in [-0.3, -0.25) is 0 Å². The molecule has 0 saturated heterocycles. The van der Waals surface area contributed by atoms with Gasteiger partial charge in [-0.05, 0) is 13.0 Å². The highest BCUT2D eigenvalue weighted by molar-refractivity contribution is 8.13. The number of allylic oxidation sites excluding steroid dienone is 1. The van der Waals surface area contributed by atoms with Gasteiger partial charge in [0.05, 0.1) is 15.6 Å². The predicted molar refractivity (Wildman–Crippen MR) is 92.8 cm³/mol. The normalized spacial score (nSPS) is 17.8. The molecule has 4 nitrogen and oxygen atoms in total. The molecule has 1 aromatic rings. The summed E-state index contributed by atoms with van der Waals surface area (Å²) in [5, 5.41) is 13.8. The fourth-order valence-electron chi connectivity index (χ4n) is 2.09. The summed E-state index contributed by atoms with van der Waals surface area (Å²) in [6, 6.07) is 4.42. The molecule has 1 atom stereocenters. The van der Waals surface area contributed by atoms with E-state index in [0.29, 0.717) is 32.2 Å². The number of amidine groups is 1. The molecule has 7 heteroatoms. The second-order valence-electron chi connectivity index (χ2n) is 4.55. The van der Waals surface area contributed by atoms with Crippen LogP contribution in [-0.4, -0.2) is 22.0 Å². The zero-order chi connectivity index (χ0) is 16.3. The monoisotopic (exact) mass is 356 g/mol. The van der Waals surface area contributed by atoms with Gasteiger partial charge in [-0.2, -0.15) is 0 Å². The van der Waals surface area contributed by atoms with Crippen molar-refractivity contribution < 1.29 is 9.90 Å². The number of carboxylic acids is 1. The predicted octanol–water partition coefficient (Wildman–Crippen LogP) is 4.27. The Morgan fingerprint density at radius 1 is 1.55 bits per heavy atom. The zero-order valence-corrected chi connectivity index (χ0v) is 14.1. The average Bonchev–Trinajstić information content (AvgIpc) is 2.46. The average molecular weight is 357 g/mol. The number of thioether (sulfide) groups is 1. The van der Waals surface area contributed by atoms with Crippen molar-refractivity contribution >= 4 is 46.1 Å². The van der Waals surface area contributed by atoms with Crippen molar-refractivity contribution in [2.24, 2.45) is 4.99 Å². The molecule has 1 aliphatic rings. The van der Waals surface area contributed by atoms with Gasteiger partial charge in [-0.25, -0.2) is 9.79 Å². The lowest BCUT2D eigenvalue weighted by molar-refractivity contribution is -0.133. The topological polar surface area (TPSA) is 61.7 Å². The third kappa shape index (κ3) is 3.48. The van der Waals surface area contributed by atoms with E-state index in [1.165, 1.54) is 11.8 Å². The van der Waals surface area contributed by atoms with Gasteiger partial charge in [-0.15, -0.1) is 6.58 Å². The van der Waals surface area contributed by atoms with Gasteiger partial charge in [0, 0.05) is 17.0 Å². The molecule has 1 aromatic carbocycles. The van der Waals surface area contributed by atoms with Crippen molar-refractivity contribution in [2.75, 3.05) is 5.75 Å². The Hall–Kier alpha value is -1.43. The number of hydrogen-bond acceptors (Lipinski definition) is 4. The van der Waals surface area contributed by atoms with E-state index in [0.717, 1.165) is 0 Å². The van der Waals surface area contributed by atoms with Crippen molar-refractivity contribution in [2.45, 2.75) is 13.0 Å². The van der Waals surface area contributed by atoms with Gasteiger partial charge in [0.15, 0.2) is 5.17 Å². The number of aliphatic carboxylic acids is 1. The van der Waals surface area contributed by atoms with E-state index >= 15 is 0 Å². The molecule has 1 unspecified atom stereocenters. The first-order valence-electron chi connectivity index (χ1n) is 6.42. The molecule has 0 spiro atoms. The van der Waals surface area contributed by atoms with Gasteiger partial charge in [0.25, 0.3) is 0 Å². The molecule has 0 bridgehead atoms. The molecule has 2 rings (SSSR count). The summed E-state index contributed by atoms with van der Waals surface area (Å²) in [4.78, 5) is 16.1. The van der Waals surface area contributed by atoms with Crippen LogP contribution in [0.2, 0.25) is 10.0 Å². The molecule has 0 aliphatic carbocycles. The maximum absolute atomic E-state index is 11.6. The largest absolute Gasteiger partial charge is 0.478 e. The maximum Gasteiger partial charge on any atom is 0.335 e. The fourth-order valence-corrected chi connectivity index (χ4v) is 3.18. The summed E-state index contributed by atoms with van der Waals surface area (Å²) in [5.41, 5.74) is 1.27. The van der Waals surface area contributed by atoms with E-state index in [-0.39, 0.29) is 5.57 Å². The van der Waals surface area contributed by atoms with Crippen molar-refractivity contribution in [1.29, 1.82) is 0 Å². The van der Waals surface area contributed by atoms with Crippen LogP contribution in [0.25, 0.3) is 0 Å². The molecule has 116 valence electrons. The van der Waals surface area contributed by atoms with Crippen LogP contribution in [-0.2, 0) is 4.79 Å².